The maximum atomic E-state index is 13.0. The Morgan fingerprint density at radius 2 is 0.529 bits per heavy atom. The van der Waals surface area contributed by atoms with Gasteiger partial charge in [0.15, 0.2) is 12.2 Å². The summed E-state index contributed by atoms with van der Waals surface area (Å²) < 4.78 is 67.9. The topological polar surface area (TPSA) is 237 Å². The minimum atomic E-state index is -4.95. The number of phosphoric acid groups is 2. The lowest BCUT2D eigenvalue weighted by atomic mass is 10.0. The Bertz CT molecular complexity index is 1720. The molecule has 0 saturated heterocycles. The third kappa shape index (κ3) is 62.6. The quantitative estimate of drug-likeness (QED) is 0.0222. The van der Waals surface area contributed by atoms with E-state index in [2.05, 4.69) is 48.5 Å². The Morgan fingerprint density at radius 1 is 0.310 bits per heavy atom. The van der Waals surface area contributed by atoms with Gasteiger partial charge in [0.2, 0.25) is 0 Å². The van der Waals surface area contributed by atoms with E-state index >= 15 is 0 Å². The highest BCUT2D eigenvalue weighted by Gasteiger charge is 2.30. The van der Waals surface area contributed by atoms with Gasteiger partial charge in [-0.1, -0.05) is 286 Å². The number of hydrogen-bond acceptors (Lipinski definition) is 15. The van der Waals surface area contributed by atoms with Crippen LogP contribution in [-0.2, 0) is 65.4 Å². The molecule has 0 radical (unpaired) electrons. The summed E-state index contributed by atoms with van der Waals surface area (Å²) in [4.78, 5) is 72.1. The molecule has 0 fully saturated rings. The van der Waals surface area contributed by atoms with Crippen LogP contribution in [0.1, 0.15) is 337 Å². The molecule has 0 aromatic rings. The molecular formula is C68H132O17P2. The van der Waals surface area contributed by atoms with Gasteiger partial charge in [-0.2, -0.15) is 0 Å². The molecule has 0 rings (SSSR count). The molecule has 0 saturated carbocycles. The fourth-order valence-corrected chi connectivity index (χ4v) is 11.8. The Balaban J connectivity index is 5.10. The Kier molecular flexibility index (Phi) is 57.8. The van der Waals surface area contributed by atoms with Gasteiger partial charge in [-0.25, -0.2) is 9.13 Å². The summed E-state index contributed by atoms with van der Waals surface area (Å²) >= 11 is 0. The molecule has 0 amide bonds. The summed E-state index contributed by atoms with van der Waals surface area (Å²) in [5.74, 6) is 0.0881. The maximum absolute atomic E-state index is 13.0. The van der Waals surface area contributed by atoms with Crippen molar-refractivity contribution in [2.45, 2.75) is 356 Å². The third-order valence-corrected chi connectivity index (χ3v) is 17.5. The number of rotatable bonds is 66. The number of carbonyl (C=O) groups is 4. The van der Waals surface area contributed by atoms with Crippen molar-refractivity contribution in [2.24, 2.45) is 17.8 Å². The average Bonchev–Trinajstić information content (AvgIpc) is 3.67. The lowest BCUT2D eigenvalue weighted by Crippen LogP contribution is -2.30. The number of aliphatic hydroxyl groups excluding tert-OH is 1. The van der Waals surface area contributed by atoms with Gasteiger partial charge in [-0.3, -0.25) is 37.3 Å². The molecule has 0 aliphatic rings. The molecule has 0 aromatic heterocycles. The Morgan fingerprint density at radius 3 is 0.782 bits per heavy atom. The molecule has 17 nitrogen and oxygen atoms in total. The van der Waals surface area contributed by atoms with Crippen LogP contribution in [0.15, 0.2) is 0 Å². The highest BCUT2D eigenvalue weighted by molar-refractivity contribution is 7.47. The Hall–Kier alpha value is -1.94. The standard InChI is InChI=1S/C68H132O17P2/c1-8-9-10-32-42-49-65(70)78-55-63(85-68(73)52-45-38-31-30-35-41-48-61(6)7)57-82-86(74,75)80-53-62(69)54-81-87(76,77)83-58-64(56-79-66(71)50-43-36-28-25-21-23-27-34-40-47-60(4)5)84-67(72)51-44-37-29-24-20-18-16-14-12-11-13-15-17-19-22-26-33-39-46-59(2)3/h59-64,69H,8-58H2,1-7H3,(H,74,75)(H,76,77)/t62-,63+,64+/m0/s1. The summed E-state index contributed by atoms with van der Waals surface area (Å²) in [5.41, 5.74) is 0. The SMILES string of the molecule is CCCCCCCC(=O)OC[C@H](COP(=O)(O)OC[C@H](O)COP(=O)(O)OC[C@@H](COC(=O)CCCCCCCCCCCC(C)C)OC(=O)CCCCCCCCCCCCCCCCCCCCC(C)C)OC(=O)CCCCCCCCC(C)C. The van der Waals surface area contributed by atoms with Gasteiger partial charge in [-0.05, 0) is 43.4 Å². The van der Waals surface area contributed by atoms with E-state index in [0.29, 0.717) is 31.6 Å². The van der Waals surface area contributed by atoms with Crippen LogP contribution in [0.4, 0.5) is 0 Å². The molecule has 5 atom stereocenters. The summed E-state index contributed by atoms with van der Waals surface area (Å²) in [5, 5.41) is 10.5. The van der Waals surface area contributed by atoms with Gasteiger partial charge in [0.05, 0.1) is 26.4 Å². The van der Waals surface area contributed by atoms with Gasteiger partial charge < -0.3 is 33.8 Å². The number of phosphoric ester groups is 2. The first-order valence-electron chi connectivity index (χ1n) is 35.3. The van der Waals surface area contributed by atoms with Crippen molar-refractivity contribution in [2.75, 3.05) is 39.6 Å². The zero-order valence-electron chi connectivity index (χ0n) is 56.5. The lowest BCUT2D eigenvalue weighted by Gasteiger charge is -2.21. The van der Waals surface area contributed by atoms with Crippen LogP contribution in [0, 0.1) is 17.8 Å². The van der Waals surface area contributed by atoms with Crippen LogP contribution >= 0.6 is 15.6 Å². The van der Waals surface area contributed by atoms with Crippen LogP contribution in [0.25, 0.3) is 0 Å². The second-order valence-corrected chi connectivity index (χ2v) is 28.9. The first kappa shape index (κ1) is 85.1. The average molecular weight is 1280 g/mol. The van der Waals surface area contributed by atoms with E-state index < -0.39 is 97.5 Å². The van der Waals surface area contributed by atoms with Gasteiger partial charge in [-0.15, -0.1) is 0 Å². The van der Waals surface area contributed by atoms with E-state index in [1.165, 1.54) is 141 Å². The molecule has 0 heterocycles. The van der Waals surface area contributed by atoms with Crippen LogP contribution < -0.4 is 0 Å². The fourth-order valence-electron chi connectivity index (χ4n) is 10.2. The molecular weight excluding hydrogens is 1150 g/mol. The summed E-state index contributed by atoms with van der Waals surface area (Å²) in [7, 11) is -9.88. The molecule has 0 aromatic carbocycles. The van der Waals surface area contributed by atoms with E-state index in [4.69, 9.17) is 37.0 Å². The first-order chi connectivity index (χ1) is 41.7. The van der Waals surface area contributed by atoms with Crippen LogP contribution in [-0.4, -0.2) is 96.7 Å². The van der Waals surface area contributed by atoms with Crippen LogP contribution in [0.3, 0.4) is 0 Å². The monoisotopic (exact) mass is 1280 g/mol. The normalized spacial score (nSPS) is 14.3. The molecule has 516 valence electrons. The predicted octanol–water partition coefficient (Wildman–Crippen LogP) is 19.1. The molecule has 87 heavy (non-hydrogen) atoms. The number of ether oxygens (including phenoxy) is 4. The van der Waals surface area contributed by atoms with Crippen molar-refractivity contribution >= 4 is 39.5 Å². The fraction of sp³-hybridized carbons (Fsp3) is 0.941. The van der Waals surface area contributed by atoms with Crippen LogP contribution in [0.5, 0.6) is 0 Å². The van der Waals surface area contributed by atoms with E-state index in [9.17, 15) is 43.2 Å². The van der Waals surface area contributed by atoms with Crippen molar-refractivity contribution in [3.63, 3.8) is 0 Å². The van der Waals surface area contributed by atoms with Gasteiger partial charge in [0.25, 0.3) is 0 Å². The van der Waals surface area contributed by atoms with Crippen molar-refractivity contribution in [3.05, 3.63) is 0 Å². The number of hydrogen-bond donors (Lipinski definition) is 3. The first-order valence-corrected chi connectivity index (χ1v) is 38.3. The number of unbranched alkanes of at least 4 members (excludes halogenated alkanes) is 34. The zero-order valence-corrected chi connectivity index (χ0v) is 58.3. The van der Waals surface area contributed by atoms with Crippen molar-refractivity contribution in [3.8, 4) is 0 Å². The second kappa shape index (κ2) is 59.1. The zero-order chi connectivity index (χ0) is 64.5. The summed E-state index contributed by atoms with van der Waals surface area (Å²) in [6.45, 7) is 11.7. The highest BCUT2D eigenvalue weighted by Crippen LogP contribution is 2.45. The Labute approximate surface area is 530 Å². The van der Waals surface area contributed by atoms with E-state index in [-0.39, 0.29) is 25.7 Å². The van der Waals surface area contributed by atoms with Crippen molar-refractivity contribution in [1.82, 2.24) is 0 Å². The minimum absolute atomic E-state index is 0.101. The number of esters is 4. The smallest absolute Gasteiger partial charge is 0.462 e. The third-order valence-electron chi connectivity index (χ3n) is 15.6. The van der Waals surface area contributed by atoms with Crippen LogP contribution in [0.2, 0.25) is 0 Å². The van der Waals surface area contributed by atoms with E-state index in [0.717, 1.165) is 108 Å². The largest absolute Gasteiger partial charge is 0.472 e. The van der Waals surface area contributed by atoms with Crippen molar-refractivity contribution < 1.29 is 80.2 Å². The van der Waals surface area contributed by atoms with Gasteiger partial charge in [0, 0.05) is 25.7 Å². The maximum Gasteiger partial charge on any atom is 0.472 e. The summed E-state index contributed by atoms with van der Waals surface area (Å²) in [6, 6.07) is 0. The van der Waals surface area contributed by atoms with Gasteiger partial charge >= 0.3 is 39.5 Å². The molecule has 0 aliphatic heterocycles. The molecule has 0 bridgehead atoms. The predicted molar refractivity (Wildman–Crippen MR) is 349 cm³/mol. The van der Waals surface area contributed by atoms with Gasteiger partial charge in [0.1, 0.15) is 19.3 Å². The molecule has 19 heteroatoms. The molecule has 3 N–H and O–H groups in total. The molecule has 0 aliphatic carbocycles. The van der Waals surface area contributed by atoms with E-state index in [1.807, 2.05) is 0 Å². The van der Waals surface area contributed by atoms with Crippen molar-refractivity contribution in [1.29, 1.82) is 0 Å². The highest BCUT2D eigenvalue weighted by atomic mass is 31.2. The number of carbonyl (C=O) groups excluding carboxylic acids is 4. The summed E-state index contributed by atoms with van der Waals surface area (Å²) in [6.07, 6.45) is 42.4. The second-order valence-electron chi connectivity index (χ2n) is 26.0. The minimum Gasteiger partial charge on any atom is -0.462 e. The number of aliphatic hydroxyl groups is 1. The lowest BCUT2D eigenvalue weighted by molar-refractivity contribution is -0.161. The molecule has 0 spiro atoms. The van der Waals surface area contributed by atoms with E-state index in [1.54, 1.807) is 0 Å². The molecule has 2 unspecified atom stereocenters.